The number of furan rings is 1. The van der Waals surface area contributed by atoms with E-state index in [1.54, 1.807) is 27.7 Å². The number of ether oxygens (including phenoxy) is 1. The number of rotatable bonds is 4. The van der Waals surface area contributed by atoms with E-state index < -0.39 is 23.7 Å². The van der Waals surface area contributed by atoms with Gasteiger partial charge in [0, 0.05) is 17.4 Å². The molecule has 0 fully saturated rings. The van der Waals surface area contributed by atoms with Gasteiger partial charge in [0.05, 0.1) is 0 Å². The molecule has 2 rings (SSSR count). The van der Waals surface area contributed by atoms with Crippen molar-refractivity contribution in [3.05, 3.63) is 35.6 Å². The Morgan fingerprint density at radius 2 is 1.96 bits per heavy atom. The number of nitrogens with one attached hydrogen (secondary N) is 1. The molecule has 6 heteroatoms. The highest BCUT2D eigenvalue weighted by molar-refractivity contribution is 5.85. The minimum absolute atomic E-state index is 0.122. The molecule has 1 aromatic carbocycles. The standard InChI is InChI=1S/C17H21NO5/c1-10-12(11-7-5-6-8-14(11)22-10)9-13(15(19)20)18-16(21)23-17(2,3)4/h5-8,13H,9H2,1-4H3,(H,18,21)(H,19,20). The van der Waals surface area contributed by atoms with Gasteiger partial charge in [-0.1, -0.05) is 18.2 Å². The van der Waals surface area contributed by atoms with E-state index in [0.29, 0.717) is 11.3 Å². The largest absolute Gasteiger partial charge is 0.480 e. The van der Waals surface area contributed by atoms with Crippen LogP contribution >= 0.6 is 0 Å². The van der Waals surface area contributed by atoms with E-state index >= 15 is 0 Å². The number of fused-ring (bicyclic) bond motifs is 1. The summed E-state index contributed by atoms with van der Waals surface area (Å²) in [5.41, 5.74) is 0.774. The molecule has 6 nitrogen and oxygen atoms in total. The smallest absolute Gasteiger partial charge is 0.408 e. The second-order valence-electron chi connectivity index (χ2n) is 6.37. The number of carboxylic acids is 1. The van der Waals surface area contributed by atoms with Crippen molar-refractivity contribution in [3.8, 4) is 0 Å². The highest BCUT2D eigenvalue weighted by atomic mass is 16.6. The SMILES string of the molecule is Cc1oc2ccccc2c1CC(NC(=O)OC(C)(C)C)C(=O)O. The van der Waals surface area contributed by atoms with Crippen molar-refractivity contribution in [1.29, 1.82) is 0 Å². The van der Waals surface area contributed by atoms with Crippen molar-refractivity contribution in [2.45, 2.75) is 45.8 Å². The fourth-order valence-electron chi connectivity index (χ4n) is 2.33. The maximum atomic E-state index is 11.8. The molecule has 1 aromatic heterocycles. The van der Waals surface area contributed by atoms with Gasteiger partial charge in [0.1, 0.15) is 23.0 Å². The Bertz CT molecular complexity index is 726. The predicted octanol–water partition coefficient (Wildman–Crippen LogP) is 3.26. The number of benzene rings is 1. The van der Waals surface area contributed by atoms with E-state index in [1.165, 1.54) is 0 Å². The van der Waals surface area contributed by atoms with Crippen molar-refractivity contribution >= 4 is 23.0 Å². The van der Waals surface area contributed by atoms with Crippen molar-refractivity contribution in [2.75, 3.05) is 0 Å². The summed E-state index contributed by atoms with van der Waals surface area (Å²) in [6.45, 7) is 6.93. The summed E-state index contributed by atoms with van der Waals surface area (Å²) < 4.78 is 10.7. The van der Waals surface area contributed by atoms with E-state index in [9.17, 15) is 14.7 Å². The molecule has 0 aliphatic carbocycles. The lowest BCUT2D eigenvalue weighted by Gasteiger charge is -2.22. The lowest BCUT2D eigenvalue weighted by atomic mass is 10.0. The fourth-order valence-corrected chi connectivity index (χ4v) is 2.33. The topological polar surface area (TPSA) is 88.8 Å². The van der Waals surface area contributed by atoms with E-state index in [0.717, 1.165) is 10.9 Å². The average molecular weight is 319 g/mol. The quantitative estimate of drug-likeness (QED) is 0.903. The zero-order valence-corrected chi connectivity index (χ0v) is 13.7. The number of para-hydroxylation sites is 1. The zero-order chi connectivity index (χ0) is 17.2. The first kappa shape index (κ1) is 16.9. The van der Waals surface area contributed by atoms with Gasteiger partial charge in [-0.3, -0.25) is 0 Å². The number of hydrogen-bond acceptors (Lipinski definition) is 4. The highest BCUT2D eigenvalue weighted by Crippen LogP contribution is 2.26. The van der Waals surface area contributed by atoms with Gasteiger partial charge in [0.25, 0.3) is 0 Å². The summed E-state index contributed by atoms with van der Waals surface area (Å²) in [5.74, 6) is -0.482. The third kappa shape index (κ3) is 4.25. The summed E-state index contributed by atoms with van der Waals surface area (Å²) in [4.78, 5) is 23.3. The summed E-state index contributed by atoms with van der Waals surface area (Å²) in [6, 6.07) is 6.31. The molecule has 2 aromatic rings. The molecule has 0 radical (unpaired) electrons. The van der Waals surface area contributed by atoms with Gasteiger partial charge in [0.15, 0.2) is 0 Å². The number of carboxylic acid groups (broad SMARTS) is 1. The molecule has 0 aliphatic rings. The number of amides is 1. The van der Waals surface area contributed by atoms with Gasteiger partial charge in [-0.2, -0.15) is 0 Å². The van der Waals surface area contributed by atoms with Crippen LogP contribution in [0, 0.1) is 6.92 Å². The Morgan fingerprint density at radius 1 is 1.30 bits per heavy atom. The van der Waals surface area contributed by atoms with Gasteiger partial charge >= 0.3 is 12.1 Å². The Balaban J connectivity index is 2.20. The molecule has 1 heterocycles. The summed E-state index contributed by atoms with van der Waals surface area (Å²) in [7, 11) is 0. The lowest BCUT2D eigenvalue weighted by Crippen LogP contribution is -2.44. The first-order valence-corrected chi connectivity index (χ1v) is 7.36. The van der Waals surface area contributed by atoms with Crippen LogP contribution in [-0.4, -0.2) is 28.8 Å². The summed E-state index contributed by atoms with van der Waals surface area (Å²) in [5, 5.41) is 12.6. The minimum Gasteiger partial charge on any atom is -0.480 e. The number of carbonyl (C=O) groups is 2. The van der Waals surface area contributed by atoms with Crippen molar-refractivity contribution in [1.82, 2.24) is 5.32 Å². The minimum atomic E-state index is -1.12. The monoisotopic (exact) mass is 319 g/mol. The van der Waals surface area contributed by atoms with Crippen LogP contribution in [-0.2, 0) is 16.0 Å². The third-order valence-electron chi connectivity index (χ3n) is 3.30. The maximum absolute atomic E-state index is 11.8. The normalized spacial score (nSPS) is 12.9. The summed E-state index contributed by atoms with van der Waals surface area (Å²) in [6.07, 6.45) is -0.632. The average Bonchev–Trinajstić information content (AvgIpc) is 2.72. The van der Waals surface area contributed by atoms with Crippen molar-refractivity contribution < 1.29 is 23.8 Å². The highest BCUT2D eigenvalue weighted by Gasteiger charge is 2.26. The number of alkyl carbamates (subject to hydrolysis) is 1. The lowest BCUT2D eigenvalue weighted by molar-refractivity contribution is -0.139. The Hall–Kier alpha value is -2.50. The maximum Gasteiger partial charge on any atom is 0.408 e. The molecule has 0 saturated carbocycles. The van der Waals surface area contributed by atoms with Gasteiger partial charge < -0.3 is 19.6 Å². The fraction of sp³-hybridized carbons (Fsp3) is 0.412. The van der Waals surface area contributed by atoms with Crippen LogP contribution in [0.1, 0.15) is 32.1 Å². The molecule has 1 atom stereocenters. The number of carbonyl (C=O) groups excluding carboxylic acids is 1. The number of aliphatic carboxylic acids is 1. The van der Waals surface area contributed by atoms with Gasteiger partial charge in [0.2, 0.25) is 0 Å². The second kappa shape index (κ2) is 6.32. The molecule has 2 N–H and O–H groups in total. The second-order valence-corrected chi connectivity index (χ2v) is 6.37. The van der Waals surface area contributed by atoms with Crippen LogP contribution in [0.4, 0.5) is 4.79 Å². The van der Waals surface area contributed by atoms with Crippen LogP contribution in [0.15, 0.2) is 28.7 Å². The first-order chi connectivity index (χ1) is 10.7. The van der Waals surface area contributed by atoms with Crippen molar-refractivity contribution in [2.24, 2.45) is 0 Å². The van der Waals surface area contributed by atoms with E-state index in [2.05, 4.69) is 5.32 Å². The zero-order valence-electron chi connectivity index (χ0n) is 13.7. The predicted molar refractivity (Wildman–Crippen MR) is 85.4 cm³/mol. The Labute approximate surface area is 134 Å². The van der Waals surface area contributed by atoms with E-state index in [-0.39, 0.29) is 6.42 Å². The Morgan fingerprint density at radius 3 is 2.57 bits per heavy atom. The molecular formula is C17H21NO5. The van der Waals surface area contributed by atoms with E-state index in [4.69, 9.17) is 9.15 Å². The number of aryl methyl sites for hydroxylation is 1. The molecule has 1 amide bonds. The van der Waals surface area contributed by atoms with Gasteiger partial charge in [-0.05, 0) is 33.8 Å². The third-order valence-corrected chi connectivity index (χ3v) is 3.30. The van der Waals surface area contributed by atoms with Crippen LogP contribution < -0.4 is 5.32 Å². The van der Waals surface area contributed by atoms with Crippen LogP contribution in [0.3, 0.4) is 0 Å². The van der Waals surface area contributed by atoms with Gasteiger partial charge in [-0.15, -0.1) is 0 Å². The molecule has 124 valence electrons. The van der Waals surface area contributed by atoms with Crippen LogP contribution in [0.2, 0.25) is 0 Å². The van der Waals surface area contributed by atoms with E-state index in [1.807, 2.05) is 24.3 Å². The van der Waals surface area contributed by atoms with Crippen molar-refractivity contribution in [3.63, 3.8) is 0 Å². The van der Waals surface area contributed by atoms with Crippen LogP contribution in [0.25, 0.3) is 11.0 Å². The molecular weight excluding hydrogens is 298 g/mol. The Kier molecular flexibility index (Phi) is 4.63. The number of hydrogen-bond donors (Lipinski definition) is 2. The van der Waals surface area contributed by atoms with Crippen LogP contribution in [0.5, 0.6) is 0 Å². The molecule has 0 aliphatic heterocycles. The summed E-state index contributed by atoms with van der Waals surface area (Å²) >= 11 is 0. The first-order valence-electron chi connectivity index (χ1n) is 7.36. The molecule has 0 saturated heterocycles. The molecule has 0 spiro atoms. The molecule has 0 bridgehead atoms. The molecule has 23 heavy (non-hydrogen) atoms. The molecule has 1 unspecified atom stereocenters. The van der Waals surface area contributed by atoms with Gasteiger partial charge in [-0.25, -0.2) is 9.59 Å².